The summed E-state index contributed by atoms with van der Waals surface area (Å²) in [5.74, 6) is 0.168. The number of methoxy groups -OCH3 is 2. The second-order valence-corrected chi connectivity index (χ2v) is 7.67. The lowest BCUT2D eigenvalue weighted by molar-refractivity contribution is -0.120. The predicted molar refractivity (Wildman–Crippen MR) is 130 cm³/mol. The molecule has 0 spiro atoms. The van der Waals surface area contributed by atoms with E-state index in [1.807, 2.05) is 49.3 Å². The number of hydrogen-bond donors (Lipinski definition) is 1. The van der Waals surface area contributed by atoms with Crippen LogP contribution in [-0.4, -0.2) is 40.1 Å². The quantitative estimate of drug-likeness (QED) is 0.553. The first kappa shape index (κ1) is 22.0. The van der Waals surface area contributed by atoms with Gasteiger partial charge < -0.3 is 19.7 Å². The number of nitrogens with one attached hydrogen (secondary N) is 1. The van der Waals surface area contributed by atoms with E-state index >= 15 is 0 Å². The number of para-hydroxylation sites is 1. The van der Waals surface area contributed by atoms with Gasteiger partial charge in [0.05, 0.1) is 25.5 Å². The zero-order valence-electron chi connectivity index (χ0n) is 19.0. The van der Waals surface area contributed by atoms with E-state index in [0.717, 1.165) is 5.69 Å². The van der Waals surface area contributed by atoms with Crippen molar-refractivity contribution >= 4 is 34.4 Å². The van der Waals surface area contributed by atoms with E-state index in [1.54, 1.807) is 49.6 Å². The summed E-state index contributed by atoms with van der Waals surface area (Å²) in [6.07, 6.45) is 0. The molecule has 3 aromatic carbocycles. The van der Waals surface area contributed by atoms with Crippen molar-refractivity contribution in [1.29, 1.82) is 0 Å². The highest BCUT2D eigenvalue weighted by atomic mass is 16.5. The van der Waals surface area contributed by atoms with Crippen LogP contribution in [0.2, 0.25) is 0 Å². The molecular formula is C26H25N3O4. The summed E-state index contributed by atoms with van der Waals surface area (Å²) in [4.78, 5) is 30.2. The largest absolute Gasteiger partial charge is 0.493 e. The molecule has 0 bridgehead atoms. The van der Waals surface area contributed by atoms with Crippen LogP contribution in [0.5, 0.6) is 11.5 Å². The summed E-state index contributed by atoms with van der Waals surface area (Å²) < 4.78 is 10.7. The Morgan fingerprint density at radius 3 is 2.06 bits per heavy atom. The van der Waals surface area contributed by atoms with E-state index in [9.17, 15) is 9.59 Å². The number of amides is 2. The lowest BCUT2D eigenvalue weighted by atomic mass is 10.0. The van der Waals surface area contributed by atoms with Crippen LogP contribution in [0.1, 0.15) is 5.56 Å². The first-order chi connectivity index (χ1) is 15.9. The average molecular weight is 444 g/mol. The molecule has 168 valence electrons. The fourth-order valence-electron chi connectivity index (χ4n) is 3.70. The highest BCUT2D eigenvalue weighted by Gasteiger charge is 2.40. The molecule has 0 aliphatic carbocycles. The Hall–Kier alpha value is -4.26. The lowest BCUT2D eigenvalue weighted by Crippen LogP contribution is -2.32. The highest BCUT2D eigenvalue weighted by Crippen LogP contribution is 2.37. The Labute approximate surface area is 192 Å². The molecule has 0 saturated carbocycles. The van der Waals surface area contributed by atoms with Crippen molar-refractivity contribution in [3.8, 4) is 11.5 Å². The minimum atomic E-state index is -0.423. The van der Waals surface area contributed by atoms with Crippen molar-refractivity contribution in [3.63, 3.8) is 0 Å². The molecule has 4 rings (SSSR count). The van der Waals surface area contributed by atoms with E-state index in [1.165, 1.54) is 12.0 Å². The normalized spacial score (nSPS) is 13.4. The van der Waals surface area contributed by atoms with Gasteiger partial charge in [-0.15, -0.1) is 0 Å². The lowest BCUT2D eigenvalue weighted by Gasteiger charge is -2.16. The van der Waals surface area contributed by atoms with Crippen molar-refractivity contribution < 1.29 is 19.1 Å². The van der Waals surface area contributed by atoms with Gasteiger partial charge in [0.15, 0.2) is 11.5 Å². The number of carbonyl (C=O) groups excluding carboxylic acids is 2. The number of ether oxygens (including phenoxy) is 2. The van der Waals surface area contributed by atoms with E-state index in [-0.39, 0.29) is 11.3 Å². The summed E-state index contributed by atoms with van der Waals surface area (Å²) >= 11 is 0. The Balaban J connectivity index is 1.81. The molecule has 7 nitrogen and oxygen atoms in total. The zero-order chi connectivity index (χ0) is 23.5. The van der Waals surface area contributed by atoms with Crippen molar-refractivity contribution in [2.24, 2.45) is 0 Å². The molecule has 0 aromatic heterocycles. The van der Waals surface area contributed by atoms with E-state index < -0.39 is 11.8 Å². The Morgan fingerprint density at radius 2 is 1.45 bits per heavy atom. The average Bonchev–Trinajstić information content (AvgIpc) is 3.08. The third-order valence-corrected chi connectivity index (χ3v) is 5.42. The fraction of sp³-hybridized carbons (Fsp3) is 0.154. The number of nitrogens with zero attached hydrogens (tertiary/aromatic N) is 2. The zero-order valence-corrected chi connectivity index (χ0v) is 19.0. The summed E-state index contributed by atoms with van der Waals surface area (Å²) in [6, 6.07) is 21.7. The molecular weight excluding hydrogens is 418 g/mol. The van der Waals surface area contributed by atoms with Gasteiger partial charge in [0, 0.05) is 25.5 Å². The number of anilines is 3. The van der Waals surface area contributed by atoms with Gasteiger partial charge >= 0.3 is 0 Å². The number of carbonyl (C=O) groups is 2. The van der Waals surface area contributed by atoms with Crippen molar-refractivity contribution in [1.82, 2.24) is 0 Å². The van der Waals surface area contributed by atoms with E-state index in [2.05, 4.69) is 5.32 Å². The van der Waals surface area contributed by atoms with Crippen molar-refractivity contribution in [2.45, 2.75) is 0 Å². The number of imide groups is 1. The van der Waals surface area contributed by atoms with Gasteiger partial charge in [0.1, 0.15) is 5.70 Å². The third-order valence-electron chi connectivity index (χ3n) is 5.42. The molecule has 0 fully saturated rings. The molecule has 1 aliphatic heterocycles. The monoisotopic (exact) mass is 443 g/mol. The topological polar surface area (TPSA) is 71.1 Å². The maximum absolute atomic E-state index is 13.5. The second kappa shape index (κ2) is 9.08. The van der Waals surface area contributed by atoms with Crippen LogP contribution < -0.4 is 24.6 Å². The van der Waals surface area contributed by atoms with Crippen LogP contribution >= 0.6 is 0 Å². The third kappa shape index (κ3) is 4.13. The Morgan fingerprint density at radius 1 is 0.788 bits per heavy atom. The van der Waals surface area contributed by atoms with Crippen molar-refractivity contribution in [2.75, 3.05) is 43.4 Å². The number of hydrogen-bond acceptors (Lipinski definition) is 6. The highest BCUT2D eigenvalue weighted by molar-refractivity contribution is 6.46. The smallest absolute Gasteiger partial charge is 0.282 e. The summed E-state index contributed by atoms with van der Waals surface area (Å²) in [5, 5.41) is 3.18. The minimum Gasteiger partial charge on any atom is -0.493 e. The molecule has 0 saturated heterocycles. The first-order valence-corrected chi connectivity index (χ1v) is 10.4. The minimum absolute atomic E-state index is 0.202. The second-order valence-electron chi connectivity index (χ2n) is 7.67. The number of benzene rings is 3. The predicted octanol–water partition coefficient (Wildman–Crippen LogP) is 4.17. The molecule has 1 heterocycles. The maximum atomic E-state index is 13.5. The standard InChI is InChI=1S/C26H25N3O4/c1-28(2)19-13-11-18(12-14-19)27-24-23(17-10-15-21(32-3)22(16-17)33-4)25(30)29(26(24)31)20-8-6-5-7-9-20/h5-16,27H,1-4H3. The van der Waals surface area contributed by atoms with Gasteiger partial charge in [-0.05, 0) is 54.1 Å². The first-order valence-electron chi connectivity index (χ1n) is 10.4. The van der Waals surface area contributed by atoms with Gasteiger partial charge in [-0.2, -0.15) is 0 Å². The fourth-order valence-corrected chi connectivity index (χ4v) is 3.70. The van der Waals surface area contributed by atoms with Gasteiger partial charge in [-0.1, -0.05) is 24.3 Å². The van der Waals surface area contributed by atoms with Gasteiger partial charge in [-0.25, -0.2) is 4.90 Å². The Bertz CT molecular complexity index is 1220. The van der Waals surface area contributed by atoms with Crippen LogP contribution in [0.3, 0.4) is 0 Å². The molecule has 0 radical (unpaired) electrons. The van der Waals surface area contributed by atoms with E-state index in [0.29, 0.717) is 28.4 Å². The summed E-state index contributed by atoms with van der Waals surface area (Å²) in [7, 11) is 6.98. The van der Waals surface area contributed by atoms with Crippen LogP contribution in [0.15, 0.2) is 78.5 Å². The molecule has 0 unspecified atom stereocenters. The summed E-state index contributed by atoms with van der Waals surface area (Å²) in [5.41, 5.74) is 3.25. The molecule has 33 heavy (non-hydrogen) atoms. The van der Waals surface area contributed by atoms with Crippen LogP contribution in [0.25, 0.3) is 5.57 Å². The molecule has 1 N–H and O–H groups in total. The number of rotatable bonds is 7. The van der Waals surface area contributed by atoms with Gasteiger partial charge in [0.2, 0.25) is 0 Å². The van der Waals surface area contributed by atoms with Crippen LogP contribution in [0, 0.1) is 0 Å². The molecule has 2 amide bonds. The van der Waals surface area contributed by atoms with Crippen molar-refractivity contribution in [3.05, 3.63) is 84.1 Å². The van der Waals surface area contributed by atoms with Crippen LogP contribution in [-0.2, 0) is 9.59 Å². The SMILES string of the molecule is COc1ccc(C2=C(Nc3ccc(N(C)C)cc3)C(=O)N(c3ccccc3)C2=O)cc1OC. The van der Waals surface area contributed by atoms with Crippen LogP contribution in [0.4, 0.5) is 17.1 Å². The van der Waals surface area contributed by atoms with Gasteiger partial charge in [0.25, 0.3) is 11.8 Å². The van der Waals surface area contributed by atoms with Gasteiger partial charge in [-0.3, -0.25) is 9.59 Å². The summed E-state index contributed by atoms with van der Waals surface area (Å²) in [6.45, 7) is 0. The molecule has 7 heteroatoms. The maximum Gasteiger partial charge on any atom is 0.282 e. The Kier molecular flexibility index (Phi) is 6.04. The van der Waals surface area contributed by atoms with E-state index in [4.69, 9.17) is 9.47 Å². The molecule has 1 aliphatic rings. The molecule has 3 aromatic rings. The molecule has 0 atom stereocenters.